The van der Waals surface area contributed by atoms with Gasteiger partial charge in [-0.25, -0.2) is 0 Å². The van der Waals surface area contributed by atoms with Crippen LogP contribution in [-0.4, -0.2) is 72.7 Å². The Balaban J connectivity index is 0.00000300. The van der Waals surface area contributed by atoms with Crippen LogP contribution in [0.5, 0.6) is 0 Å². The van der Waals surface area contributed by atoms with Gasteiger partial charge in [-0.15, -0.1) is 24.0 Å². The topological polar surface area (TPSA) is 46.7 Å². The number of fused-ring (bicyclic) bond motifs is 1. The van der Waals surface area contributed by atoms with Crippen LogP contribution in [0.3, 0.4) is 0 Å². The lowest BCUT2D eigenvalue weighted by Gasteiger charge is -2.39. The molecule has 1 atom stereocenters. The number of hydrogen-bond acceptors (Lipinski definition) is 2. The number of nitrogens with one attached hydrogen (secondary N) is 2. The first-order valence-electron chi connectivity index (χ1n) is 9.71. The Labute approximate surface area is 186 Å². The summed E-state index contributed by atoms with van der Waals surface area (Å²) in [6.45, 7) is 3.86. The maximum absolute atomic E-state index is 12.9. The summed E-state index contributed by atoms with van der Waals surface area (Å²) in [7, 11) is 1.71. The Bertz CT molecular complexity index is 797. The predicted octanol–water partition coefficient (Wildman–Crippen LogP) is 3.86. The summed E-state index contributed by atoms with van der Waals surface area (Å²) < 4.78 is 38.6. The van der Waals surface area contributed by atoms with Crippen molar-refractivity contribution in [3.8, 4) is 0 Å². The smallest absolute Gasteiger partial charge is 0.361 e. The Morgan fingerprint density at radius 2 is 1.90 bits per heavy atom. The van der Waals surface area contributed by atoms with Crippen LogP contribution in [0.15, 0.2) is 35.5 Å². The van der Waals surface area contributed by atoms with Gasteiger partial charge in [0, 0.05) is 56.9 Å². The summed E-state index contributed by atoms with van der Waals surface area (Å²) in [6.07, 6.45) is -0.220. The summed E-state index contributed by atoms with van der Waals surface area (Å²) >= 11 is 0. The van der Waals surface area contributed by atoms with Gasteiger partial charge in [-0.3, -0.25) is 9.89 Å². The lowest BCUT2D eigenvalue weighted by Crippen LogP contribution is -2.56. The zero-order chi connectivity index (χ0) is 20.1. The number of benzene rings is 1. The molecule has 0 radical (unpaired) electrons. The molecule has 0 amide bonds. The standard InChI is InChI=1S/C20H28F3N5.HI/c1-15(20(21,22)23)27-10-12-28(13-11-27)19(24-2)25-9-5-6-16-14-26-18-8-4-3-7-17(16)18;/h3-4,7-8,14-15,26H,5-6,9-13H2,1-2H3,(H,24,25);1H. The highest BCUT2D eigenvalue weighted by atomic mass is 127. The van der Waals surface area contributed by atoms with E-state index in [1.165, 1.54) is 22.8 Å². The number of aryl methyl sites for hydroxylation is 1. The van der Waals surface area contributed by atoms with Crippen LogP contribution in [0.25, 0.3) is 10.9 Å². The number of alkyl halides is 3. The van der Waals surface area contributed by atoms with Crippen molar-refractivity contribution >= 4 is 40.8 Å². The minimum atomic E-state index is -4.18. The summed E-state index contributed by atoms with van der Waals surface area (Å²) in [5, 5.41) is 4.60. The van der Waals surface area contributed by atoms with Gasteiger partial charge < -0.3 is 15.2 Å². The van der Waals surface area contributed by atoms with Gasteiger partial charge >= 0.3 is 6.18 Å². The van der Waals surface area contributed by atoms with E-state index in [9.17, 15) is 13.2 Å². The first kappa shape index (κ1) is 23.8. The summed E-state index contributed by atoms with van der Waals surface area (Å²) in [5.41, 5.74) is 2.44. The molecule has 1 aliphatic heterocycles. The second-order valence-electron chi connectivity index (χ2n) is 7.18. The largest absolute Gasteiger partial charge is 0.403 e. The van der Waals surface area contributed by atoms with Gasteiger partial charge in [0.15, 0.2) is 5.96 Å². The van der Waals surface area contributed by atoms with Crippen LogP contribution in [0, 0.1) is 0 Å². The van der Waals surface area contributed by atoms with Crippen molar-refractivity contribution in [3.05, 3.63) is 36.0 Å². The fourth-order valence-electron chi connectivity index (χ4n) is 3.68. The number of rotatable bonds is 5. The highest BCUT2D eigenvalue weighted by Crippen LogP contribution is 2.25. The number of aromatic amines is 1. The molecule has 2 aromatic rings. The number of halogens is 4. The Morgan fingerprint density at radius 3 is 2.55 bits per heavy atom. The molecule has 1 aliphatic rings. The van der Waals surface area contributed by atoms with Crippen LogP contribution in [-0.2, 0) is 6.42 Å². The molecular formula is C20H29F3IN5. The van der Waals surface area contributed by atoms with Crippen LogP contribution in [0.1, 0.15) is 18.9 Å². The lowest BCUT2D eigenvalue weighted by atomic mass is 10.1. The predicted molar refractivity (Wildman–Crippen MR) is 122 cm³/mol. The van der Waals surface area contributed by atoms with E-state index < -0.39 is 12.2 Å². The van der Waals surface area contributed by atoms with Crippen molar-refractivity contribution in [1.82, 2.24) is 20.1 Å². The molecule has 1 aromatic carbocycles. The summed E-state index contributed by atoms with van der Waals surface area (Å²) in [6, 6.07) is 6.84. The average molecular weight is 523 g/mol. The number of hydrogen-bond donors (Lipinski definition) is 2. The highest BCUT2D eigenvalue weighted by molar-refractivity contribution is 14.0. The molecule has 0 bridgehead atoms. The number of guanidine groups is 1. The molecule has 1 unspecified atom stereocenters. The monoisotopic (exact) mass is 523 g/mol. The molecule has 1 aromatic heterocycles. The maximum Gasteiger partial charge on any atom is 0.403 e. The van der Waals surface area contributed by atoms with Crippen molar-refractivity contribution in [2.45, 2.75) is 32.0 Å². The number of piperazine rings is 1. The van der Waals surface area contributed by atoms with E-state index in [0.29, 0.717) is 26.2 Å². The zero-order valence-electron chi connectivity index (χ0n) is 16.8. The molecule has 5 nitrogen and oxygen atoms in total. The molecule has 162 valence electrons. The van der Waals surface area contributed by atoms with Crippen LogP contribution in [0.2, 0.25) is 0 Å². The van der Waals surface area contributed by atoms with Gasteiger partial charge in [0.2, 0.25) is 0 Å². The molecule has 1 fully saturated rings. The number of aromatic nitrogens is 1. The zero-order valence-corrected chi connectivity index (χ0v) is 19.1. The number of para-hydroxylation sites is 1. The van der Waals surface area contributed by atoms with Crippen LogP contribution < -0.4 is 5.32 Å². The minimum absolute atomic E-state index is 0. The fraction of sp³-hybridized carbons (Fsp3) is 0.550. The van der Waals surface area contributed by atoms with Gasteiger partial charge in [0.05, 0.1) is 0 Å². The molecule has 3 rings (SSSR count). The van der Waals surface area contributed by atoms with Gasteiger partial charge in [-0.2, -0.15) is 13.2 Å². The molecule has 29 heavy (non-hydrogen) atoms. The number of H-pyrrole nitrogens is 1. The summed E-state index contributed by atoms with van der Waals surface area (Å²) in [5.74, 6) is 0.762. The quantitative estimate of drug-likeness (QED) is 0.271. The first-order valence-corrected chi connectivity index (χ1v) is 9.71. The Hall–Kier alpha value is -1.49. The number of aliphatic imine (C=N–C) groups is 1. The van der Waals surface area contributed by atoms with Crippen molar-refractivity contribution in [2.75, 3.05) is 39.8 Å². The van der Waals surface area contributed by atoms with E-state index in [1.54, 1.807) is 7.05 Å². The van der Waals surface area contributed by atoms with Gasteiger partial charge in [-0.05, 0) is 31.4 Å². The first-order chi connectivity index (χ1) is 13.4. The van der Waals surface area contributed by atoms with E-state index in [0.717, 1.165) is 30.9 Å². The molecular weight excluding hydrogens is 494 g/mol. The fourth-order valence-corrected chi connectivity index (χ4v) is 3.68. The summed E-state index contributed by atoms with van der Waals surface area (Å²) in [4.78, 5) is 11.1. The van der Waals surface area contributed by atoms with Crippen LogP contribution >= 0.6 is 24.0 Å². The third-order valence-electron chi connectivity index (χ3n) is 5.43. The molecule has 0 spiro atoms. The van der Waals surface area contributed by atoms with Gasteiger partial charge in [0.1, 0.15) is 6.04 Å². The molecule has 0 aliphatic carbocycles. The molecule has 1 saturated heterocycles. The second-order valence-corrected chi connectivity index (χ2v) is 7.18. The SMILES string of the molecule is CN=C(NCCCc1c[nH]c2ccccc12)N1CCN(C(C)C(F)(F)F)CC1.I. The maximum atomic E-state index is 12.9. The number of nitrogens with zero attached hydrogens (tertiary/aromatic N) is 3. The third kappa shape index (κ3) is 6.00. The average Bonchev–Trinajstić information content (AvgIpc) is 3.10. The van der Waals surface area contributed by atoms with Crippen molar-refractivity contribution in [2.24, 2.45) is 4.99 Å². The molecule has 0 saturated carbocycles. The minimum Gasteiger partial charge on any atom is -0.361 e. The molecule has 2 N–H and O–H groups in total. The third-order valence-corrected chi connectivity index (χ3v) is 5.43. The van der Waals surface area contributed by atoms with E-state index in [2.05, 4.69) is 33.6 Å². The molecule has 9 heteroatoms. The van der Waals surface area contributed by atoms with Gasteiger partial charge in [0.25, 0.3) is 0 Å². The second kappa shape index (κ2) is 10.5. The lowest BCUT2D eigenvalue weighted by molar-refractivity contribution is -0.181. The van der Waals surface area contributed by atoms with Crippen molar-refractivity contribution < 1.29 is 13.2 Å². The van der Waals surface area contributed by atoms with E-state index >= 15 is 0 Å². The van der Waals surface area contributed by atoms with E-state index in [1.807, 2.05) is 17.0 Å². The van der Waals surface area contributed by atoms with Crippen molar-refractivity contribution in [1.29, 1.82) is 0 Å². The highest BCUT2D eigenvalue weighted by Gasteiger charge is 2.41. The van der Waals surface area contributed by atoms with E-state index in [4.69, 9.17) is 0 Å². The van der Waals surface area contributed by atoms with Gasteiger partial charge in [-0.1, -0.05) is 18.2 Å². The Kier molecular flexibility index (Phi) is 8.62. The van der Waals surface area contributed by atoms with Crippen LogP contribution in [0.4, 0.5) is 13.2 Å². The van der Waals surface area contributed by atoms with Crippen molar-refractivity contribution in [3.63, 3.8) is 0 Å². The normalized spacial score (nSPS) is 17.3. The molecule has 2 heterocycles. The Morgan fingerprint density at radius 1 is 1.21 bits per heavy atom. The van der Waals surface area contributed by atoms with E-state index in [-0.39, 0.29) is 24.0 Å².